The van der Waals surface area contributed by atoms with Gasteiger partial charge in [-0.05, 0) is 46.8 Å². The quantitative estimate of drug-likeness (QED) is 0.811. The van der Waals surface area contributed by atoms with Crippen LogP contribution in [0.5, 0.6) is 0 Å². The van der Waals surface area contributed by atoms with Gasteiger partial charge in [0.15, 0.2) is 0 Å². The van der Waals surface area contributed by atoms with E-state index in [1.807, 2.05) is 0 Å². The second-order valence-corrected chi connectivity index (χ2v) is 5.67. The van der Waals surface area contributed by atoms with Crippen molar-refractivity contribution in [2.75, 3.05) is 0 Å². The van der Waals surface area contributed by atoms with Crippen molar-refractivity contribution in [2.24, 2.45) is 11.7 Å². The van der Waals surface area contributed by atoms with Crippen molar-refractivity contribution in [1.82, 2.24) is 0 Å². The molecule has 1 aliphatic carbocycles. The highest BCUT2D eigenvalue weighted by Crippen LogP contribution is 2.35. The Morgan fingerprint density at radius 3 is 2.42 bits per heavy atom. The average molecular weight is 357 g/mol. The number of halogens is 4. The van der Waals surface area contributed by atoms with Crippen molar-refractivity contribution >= 4 is 28.3 Å². The molecule has 1 saturated carbocycles. The maximum atomic E-state index is 13.9. The molecule has 0 bridgehead atoms. The largest absolute Gasteiger partial charge is 0.391 e. The molecule has 0 spiro atoms. The highest BCUT2D eigenvalue weighted by Gasteiger charge is 2.32. The Morgan fingerprint density at radius 1 is 1.26 bits per heavy atom. The molecule has 0 heterocycles. The van der Waals surface area contributed by atoms with Gasteiger partial charge in [0.2, 0.25) is 0 Å². The smallest absolute Gasteiger partial charge is 0.145 e. The third kappa shape index (κ3) is 3.45. The van der Waals surface area contributed by atoms with Crippen LogP contribution >= 0.6 is 28.3 Å². The number of aliphatic hydroxyl groups excluding tert-OH is 1. The predicted molar refractivity (Wildman–Crippen MR) is 76.2 cm³/mol. The molecule has 0 amide bonds. The molecule has 1 fully saturated rings. The van der Waals surface area contributed by atoms with Crippen LogP contribution in [0, 0.1) is 17.6 Å². The summed E-state index contributed by atoms with van der Waals surface area (Å²) in [5, 5.41) is 10.1. The van der Waals surface area contributed by atoms with E-state index in [-0.39, 0.29) is 28.4 Å². The normalized spacial score (nSPS) is 19.0. The Kier molecular flexibility index (Phi) is 6.17. The van der Waals surface area contributed by atoms with Gasteiger partial charge in [0.1, 0.15) is 11.6 Å². The molecule has 1 aromatic rings. The first kappa shape index (κ1) is 16.8. The lowest BCUT2D eigenvalue weighted by atomic mass is 9.90. The second-order valence-electron chi connectivity index (χ2n) is 4.82. The fourth-order valence-electron chi connectivity index (χ4n) is 2.61. The monoisotopic (exact) mass is 355 g/mol. The Balaban J connectivity index is 0.00000180. The van der Waals surface area contributed by atoms with Gasteiger partial charge in [-0.25, -0.2) is 8.78 Å². The van der Waals surface area contributed by atoms with Gasteiger partial charge in [-0.2, -0.15) is 0 Å². The summed E-state index contributed by atoms with van der Waals surface area (Å²) in [5.74, 6) is -1.39. The molecule has 108 valence electrons. The fraction of sp³-hybridized carbons (Fsp3) is 0.538. The zero-order chi connectivity index (χ0) is 13.3. The first-order chi connectivity index (χ1) is 8.52. The summed E-state index contributed by atoms with van der Waals surface area (Å²) in [6, 6.07) is 1.43. The molecule has 2 atom stereocenters. The number of rotatable bonds is 3. The predicted octanol–water partition coefficient (Wildman–Crippen LogP) is 3.70. The molecule has 1 aliphatic rings. The third-order valence-corrected chi connectivity index (χ3v) is 4.28. The van der Waals surface area contributed by atoms with Crippen molar-refractivity contribution in [3.63, 3.8) is 0 Å². The molecule has 2 rings (SSSR count). The minimum atomic E-state index is -1.02. The highest BCUT2D eigenvalue weighted by molar-refractivity contribution is 9.10. The lowest BCUT2D eigenvalue weighted by molar-refractivity contribution is 0.0819. The van der Waals surface area contributed by atoms with Crippen LogP contribution in [0.1, 0.15) is 37.3 Å². The Morgan fingerprint density at radius 2 is 1.84 bits per heavy atom. The summed E-state index contributed by atoms with van der Waals surface area (Å²) < 4.78 is 27.7. The van der Waals surface area contributed by atoms with Gasteiger partial charge in [0.25, 0.3) is 0 Å². The SMILES string of the molecule is Cl.N[C@H](c1c(F)ccc(Br)c1F)[C@@H](O)C1CCCC1. The number of aliphatic hydroxyl groups is 1. The summed E-state index contributed by atoms with van der Waals surface area (Å²) in [7, 11) is 0. The van der Waals surface area contributed by atoms with E-state index in [4.69, 9.17) is 5.73 Å². The molecule has 19 heavy (non-hydrogen) atoms. The number of nitrogens with two attached hydrogens (primary N) is 1. The van der Waals surface area contributed by atoms with Crippen LogP contribution < -0.4 is 5.73 Å². The Hall–Kier alpha value is -0.230. The van der Waals surface area contributed by atoms with Crippen molar-refractivity contribution < 1.29 is 13.9 Å². The minimum Gasteiger partial charge on any atom is -0.391 e. The van der Waals surface area contributed by atoms with Gasteiger partial charge in [0.05, 0.1) is 16.6 Å². The maximum Gasteiger partial charge on any atom is 0.145 e. The van der Waals surface area contributed by atoms with E-state index < -0.39 is 23.8 Å². The van der Waals surface area contributed by atoms with E-state index >= 15 is 0 Å². The average Bonchev–Trinajstić information content (AvgIpc) is 2.87. The summed E-state index contributed by atoms with van der Waals surface area (Å²) >= 11 is 3.00. The van der Waals surface area contributed by atoms with Crippen LogP contribution in [0.3, 0.4) is 0 Å². The molecule has 0 radical (unpaired) electrons. The van der Waals surface area contributed by atoms with Crippen molar-refractivity contribution in [3.05, 3.63) is 33.8 Å². The van der Waals surface area contributed by atoms with Gasteiger partial charge in [-0.3, -0.25) is 0 Å². The molecule has 2 nitrogen and oxygen atoms in total. The second kappa shape index (κ2) is 6.97. The van der Waals surface area contributed by atoms with Crippen molar-refractivity contribution in [1.29, 1.82) is 0 Å². The molecule has 1 aromatic carbocycles. The van der Waals surface area contributed by atoms with Crippen LogP contribution in [0.2, 0.25) is 0 Å². The maximum absolute atomic E-state index is 13.9. The van der Waals surface area contributed by atoms with Crippen LogP contribution in [-0.2, 0) is 0 Å². The van der Waals surface area contributed by atoms with Crippen LogP contribution in [0.15, 0.2) is 16.6 Å². The zero-order valence-corrected chi connectivity index (χ0v) is 12.7. The van der Waals surface area contributed by atoms with Crippen molar-refractivity contribution in [2.45, 2.75) is 37.8 Å². The van der Waals surface area contributed by atoms with Gasteiger partial charge in [-0.1, -0.05) is 12.8 Å². The molecule has 0 saturated heterocycles. The number of hydrogen-bond donors (Lipinski definition) is 2. The molecule has 6 heteroatoms. The molecular weight excluding hydrogens is 340 g/mol. The first-order valence-electron chi connectivity index (χ1n) is 6.09. The number of benzene rings is 1. The molecular formula is C13H17BrClF2NO. The van der Waals surface area contributed by atoms with E-state index in [0.29, 0.717) is 0 Å². The fourth-order valence-corrected chi connectivity index (χ4v) is 2.96. The summed E-state index contributed by atoms with van der Waals surface area (Å²) in [6.07, 6.45) is 2.92. The van der Waals surface area contributed by atoms with Gasteiger partial charge < -0.3 is 10.8 Å². The molecule has 0 aromatic heterocycles. The van der Waals surface area contributed by atoms with E-state index in [9.17, 15) is 13.9 Å². The summed E-state index contributed by atoms with van der Waals surface area (Å²) in [5.41, 5.74) is 5.61. The van der Waals surface area contributed by atoms with E-state index in [0.717, 1.165) is 31.7 Å². The number of hydrogen-bond acceptors (Lipinski definition) is 2. The first-order valence-corrected chi connectivity index (χ1v) is 6.88. The lowest BCUT2D eigenvalue weighted by Crippen LogP contribution is -2.33. The molecule has 3 N–H and O–H groups in total. The third-order valence-electron chi connectivity index (χ3n) is 3.66. The Bertz CT molecular complexity index is 441. The van der Waals surface area contributed by atoms with E-state index in [1.165, 1.54) is 6.07 Å². The van der Waals surface area contributed by atoms with E-state index in [1.54, 1.807) is 0 Å². The zero-order valence-electron chi connectivity index (χ0n) is 10.3. The minimum absolute atomic E-state index is 0. The lowest BCUT2D eigenvalue weighted by Gasteiger charge is -2.25. The van der Waals surface area contributed by atoms with Gasteiger partial charge in [-0.15, -0.1) is 12.4 Å². The Labute approximate surface area is 125 Å². The van der Waals surface area contributed by atoms with E-state index in [2.05, 4.69) is 15.9 Å². The standard InChI is InChI=1S/C13H16BrF2NO.ClH/c14-8-5-6-9(15)10(11(8)16)12(17)13(18)7-3-1-2-4-7;/h5-7,12-13,18H,1-4,17H2;1H/t12-,13+;/m1./s1. The van der Waals surface area contributed by atoms with Gasteiger partial charge in [0, 0.05) is 5.56 Å². The highest BCUT2D eigenvalue weighted by atomic mass is 79.9. The van der Waals surface area contributed by atoms with Crippen LogP contribution in [-0.4, -0.2) is 11.2 Å². The van der Waals surface area contributed by atoms with Crippen LogP contribution in [0.25, 0.3) is 0 Å². The summed E-state index contributed by atoms with van der Waals surface area (Å²) in [6.45, 7) is 0. The van der Waals surface area contributed by atoms with Crippen molar-refractivity contribution in [3.8, 4) is 0 Å². The van der Waals surface area contributed by atoms with Gasteiger partial charge >= 0.3 is 0 Å². The molecule has 0 aliphatic heterocycles. The summed E-state index contributed by atoms with van der Waals surface area (Å²) in [4.78, 5) is 0. The molecule has 0 unspecified atom stereocenters. The topological polar surface area (TPSA) is 46.2 Å². The van der Waals surface area contributed by atoms with Crippen LogP contribution in [0.4, 0.5) is 8.78 Å².